The quantitative estimate of drug-likeness (QED) is 0.833. The third-order valence-corrected chi connectivity index (χ3v) is 5.10. The van der Waals surface area contributed by atoms with Gasteiger partial charge in [-0.25, -0.2) is 4.79 Å². The van der Waals surface area contributed by atoms with E-state index in [2.05, 4.69) is 11.0 Å². The Morgan fingerprint density at radius 2 is 1.74 bits per heavy atom. The number of amides is 2. The third kappa shape index (κ3) is 3.85. The summed E-state index contributed by atoms with van der Waals surface area (Å²) < 4.78 is 10.8. The van der Waals surface area contributed by atoms with Gasteiger partial charge in [-0.15, -0.1) is 0 Å². The van der Waals surface area contributed by atoms with E-state index in [-0.39, 0.29) is 6.03 Å². The van der Waals surface area contributed by atoms with Gasteiger partial charge in [-0.2, -0.15) is 0 Å². The van der Waals surface area contributed by atoms with E-state index in [0.717, 1.165) is 49.9 Å². The van der Waals surface area contributed by atoms with Crippen LogP contribution in [0.2, 0.25) is 0 Å². The molecule has 2 amide bonds. The number of urea groups is 1. The van der Waals surface area contributed by atoms with E-state index >= 15 is 0 Å². The molecule has 0 saturated carbocycles. The van der Waals surface area contributed by atoms with E-state index in [4.69, 9.17) is 9.47 Å². The van der Waals surface area contributed by atoms with Crippen LogP contribution in [0.3, 0.4) is 0 Å². The van der Waals surface area contributed by atoms with Gasteiger partial charge in [0.15, 0.2) is 11.5 Å². The molecule has 2 aliphatic heterocycles. The number of ether oxygens (including phenoxy) is 2. The molecular formula is C21H25N3O3. The summed E-state index contributed by atoms with van der Waals surface area (Å²) in [6.45, 7) is 7.06. The summed E-state index contributed by atoms with van der Waals surface area (Å²) in [4.78, 5) is 19.1. The first-order chi connectivity index (χ1) is 13.2. The van der Waals surface area contributed by atoms with Crippen molar-refractivity contribution < 1.29 is 14.3 Å². The van der Waals surface area contributed by atoms with Crippen molar-refractivity contribution in [3.63, 3.8) is 0 Å². The molecule has 0 spiro atoms. The summed E-state index contributed by atoms with van der Waals surface area (Å²) >= 11 is 0. The zero-order valence-electron chi connectivity index (χ0n) is 15.6. The fraction of sp³-hybridized carbons (Fsp3) is 0.381. The van der Waals surface area contributed by atoms with Crippen LogP contribution in [0.4, 0.5) is 10.5 Å². The van der Waals surface area contributed by atoms with Crippen molar-refractivity contribution in [2.45, 2.75) is 13.5 Å². The fourth-order valence-electron chi connectivity index (χ4n) is 3.60. The molecular weight excluding hydrogens is 342 g/mol. The van der Waals surface area contributed by atoms with Gasteiger partial charge in [-0.3, -0.25) is 9.80 Å². The van der Waals surface area contributed by atoms with Crippen LogP contribution in [0.5, 0.6) is 11.5 Å². The number of benzene rings is 2. The molecule has 2 aromatic carbocycles. The summed E-state index contributed by atoms with van der Waals surface area (Å²) in [5.41, 5.74) is 2.16. The van der Waals surface area contributed by atoms with Gasteiger partial charge in [0.1, 0.15) is 0 Å². The van der Waals surface area contributed by atoms with Crippen molar-refractivity contribution in [3.05, 3.63) is 54.1 Å². The molecule has 0 radical (unpaired) electrons. The molecule has 142 valence electrons. The lowest BCUT2D eigenvalue weighted by Crippen LogP contribution is -2.52. The fourth-order valence-corrected chi connectivity index (χ4v) is 3.60. The predicted molar refractivity (Wildman–Crippen MR) is 104 cm³/mol. The number of para-hydroxylation sites is 1. The zero-order valence-corrected chi connectivity index (χ0v) is 15.6. The number of anilines is 1. The second-order valence-electron chi connectivity index (χ2n) is 6.81. The predicted octanol–water partition coefficient (Wildman–Crippen LogP) is 3.18. The van der Waals surface area contributed by atoms with E-state index in [1.165, 1.54) is 5.56 Å². The van der Waals surface area contributed by atoms with E-state index in [1.807, 2.05) is 59.2 Å². The number of nitrogens with zero attached hydrogens (tertiary/aromatic N) is 3. The van der Waals surface area contributed by atoms with Crippen LogP contribution < -0.4 is 14.4 Å². The summed E-state index contributed by atoms with van der Waals surface area (Å²) in [6.07, 6.45) is 0. The van der Waals surface area contributed by atoms with Crippen LogP contribution >= 0.6 is 0 Å². The first-order valence-corrected chi connectivity index (χ1v) is 9.47. The van der Waals surface area contributed by atoms with Crippen molar-refractivity contribution in [1.29, 1.82) is 0 Å². The van der Waals surface area contributed by atoms with Crippen LogP contribution in [0.1, 0.15) is 12.5 Å². The minimum Gasteiger partial charge on any atom is -0.454 e. The molecule has 1 fully saturated rings. The average Bonchev–Trinajstić information content (AvgIpc) is 3.18. The van der Waals surface area contributed by atoms with E-state index in [0.29, 0.717) is 13.3 Å². The molecule has 1 saturated heterocycles. The summed E-state index contributed by atoms with van der Waals surface area (Å²) in [5, 5.41) is 0. The standard InChI is InChI=1S/C21H25N3O3/c1-2-24(18-6-4-3-5-7-18)21(25)23-12-10-22(11-13-23)15-17-8-9-19-20(14-17)27-16-26-19/h3-9,14H,2,10-13,15-16H2,1H3. The van der Waals surface area contributed by atoms with Gasteiger partial charge in [0, 0.05) is 45.0 Å². The second kappa shape index (κ2) is 7.88. The SMILES string of the molecule is CCN(C(=O)N1CCN(Cc2ccc3c(c2)OCO3)CC1)c1ccccc1. The average molecular weight is 367 g/mol. The maximum absolute atomic E-state index is 12.9. The maximum Gasteiger partial charge on any atom is 0.324 e. The molecule has 2 aromatic rings. The third-order valence-electron chi connectivity index (χ3n) is 5.10. The van der Waals surface area contributed by atoms with Crippen LogP contribution in [0.15, 0.2) is 48.5 Å². The molecule has 2 heterocycles. The lowest BCUT2D eigenvalue weighted by molar-refractivity contribution is 0.139. The normalized spacial score (nSPS) is 16.4. The molecule has 0 atom stereocenters. The largest absolute Gasteiger partial charge is 0.454 e. The molecule has 6 nitrogen and oxygen atoms in total. The Hall–Kier alpha value is -2.73. The molecule has 27 heavy (non-hydrogen) atoms. The lowest BCUT2D eigenvalue weighted by Gasteiger charge is -2.37. The van der Waals surface area contributed by atoms with Gasteiger partial charge in [0.2, 0.25) is 6.79 Å². The Balaban J connectivity index is 1.34. The topological polar surface area (TPSA) is 45.3 Å². The van der Waals surface area contributed by atoms with E-state index in [9.17, 15) is 4.79 Å². The summed E-state index contributed by atoms with van der Waals surface area (Å²) in [6, 6.07) is 16.1. The number of hydrogen-bond donors (Lipinski definition) is 0. The van der Waals surface area contributed by atoms with Crippen LogP contribution in [-0.4, -0.2) is 55.3 Å². The van der Waals surface area contributed by atoms with Gasteiger partial charge in [0.05, 0.1) is 0 Å². The van der Waals surface area contributed by atoms with Crippen LogP contribution in [0, 0.1) is 0 Å². The molecule has 0 aromatic heterocycles. The van der Waals surface area contributed by atoms with E-state index < -0.39 is 0 Å². The molecule has 0 N–H and O–H groups in total. The number of hydrogen-bond acceptors (Lipinski definition) is 4. The Morgan fingerprint density at radius 1 is 1.00 bits per heavy atom. The Labute approximate surface area is 159 Å². The molecule has 2 aliphatic rings. The first-order valence-electron chi connectivity index (χ1n) is 9.47. The summed E-state index contributed by atoms with van der Waals surface area (Å²) in [7, 11) is 0. The van der Waals surface area contributed by atoms with Crippen molar-refractivity contribution in [2.75, 3.05) is 44.4 Å². The molecule has 0 unspecified atom stereocenters. The molecule has 6 heteroatoms. The van der Waals surface area contributed by atoms with Gasteiger partial charge in [0.25, 0.3) is 0 Å². The highest BCUT2D eigenvalue weighted by molar-refractivity contribution is 5.92. The highest BCUT2D eigenvalue weighted by Crippen LogP contribution is 2.32. The number of carbonyl (C=O) groups is 1. The van der Waals surface area contributed by atoms with Crippen molar-refractivity contribution >= 4 is 11.7 Å². The van der Waals surface area contributed by atoms with Crippen LogP contribution in [0.25, 0.3) is 0 Å². The van der Waals surface area contributed by atoms with Crippen molar-refractivity contribution in [3.8, 4) is 11.5 Å². The summed E-state index contributed by atoms with van der Waals surface area (Å²) in [5.74, 6) is 1.64. The van der Waals surface area contributed by atoms with Gasteiger partial charge < -0.3 is 14.4 Å². The van der Waals surface area contributed by atoms with Gasteiger partial charge in [-0.05, 0) is 36.8 Å². The minimum absolute atomic E-state index is 0.0893. The highest BCUT2D eigenvalue weighted by Gasteiger charge is 2.25. The molecule has 4 rings (SSSR count). The van der Waals surface area contributed by atoms with Gasteiger partial charge in [-0.1, -0.05) is 24.3 Å². The Bertz CT molecular complexity index is 789. The van der Waals surface area contributed by atoms with Crippen molar-refractivity contribution in [1.82, 2.24) is 9.80 Å². The van der Waals surface area contributed by atoms with Crippen LogP contribution in [-0.2, 0) is 6.54 Å². The highest BCUT2D eigenvalue weighted by atomic mass is 16.7. The minimum atomic E-state index is 0.0893. The number of fused-ring (bicyclic) bond motifs is 1. The van der Waals surface area contributed by atoms with Gasteiger partial charge >= 0.3 is 6.03 Å². The molecule has 0 aliphatic carbocycles. The van der Waals surface area contributed by atoms with E-state index in [1.54, 1.807) is 0 Å². The smallest absolute Gasteiger partial charge is 0.324 e. The zero-order chi connectivity index (χ0) is 18.6. The number of piperazine rings is 1. The van der Waals surface area contributed by atoms with Crippen molar-refractivity contribution in [2.24, 2.45) is 0 Å². The Kier molecular flexibility index (Phi) is 5.16. The number of rotatable bonds is 4. The monoisotopic (exact) mass is 367 g/mol. The number of carbonyl (C=O) groups excluding carboxylic acids is 1. The molecule has 0 bridgehead atoms. The second-order valence-corrected chi connectivity index (χ2v) is 6.81. The lowest BCUT2D eigenvalue weighted by atomic mass is 10.1. The Morgan fingerprint density at radius 3 is 2.48 bits per heavy atom. The maximum atomic E-state index is 12.9. The first kappa shape index (κ1) is 17.7.